The normalized spacial score (nSPS) is 10.9. The van der Waals surface area contributed by atoms with E-state index in [2.05, 4.69) is 9.97 Å². The van der Waals surface area contributed by atoms with Gasteiger partial charge in [0.15, 0.2) is 5.52 Å². The molecule has 88 valence electrons. The molecule has 0 unspecified atom stereocenters. The zero-order valence-corrected chi connectivity index (χ0v) is 9.07. The van der Waals surface area contributed by atoms with Crippen molar-refractivity contribution in [2.24, 2.45) is 0 Å². The number of hydrogen-bond acceptors (Lipinski definition) is 4. The summed E-state index contributed by atoms with van der Waals surface area (Å²) in [6, 6.07) is 7.69. The quantitative estimate of drug-likeness (QED) is 0.391. The Kier molecular flexibility index (Phi) is 2.09. The van der Waals surface area contributed by atoms with Crippen LogP contribution in [-0.4, -0.2) is 21.0 Å². The fourth-order valence-electron chi connectivity index (χ4n) is 1.85. The number of carboxylic acids is 1. The van der Waals surface area contributed by atoms with Gasteiger partial charge in [0.1, 0.15) is 0 Å². The lowest BCUT2D eigenvalue weighted by Crippen LogP contribution is -2.29. The number of carbonyl (C=O) groups is 1. The Labute approximate surface area is 101 Å². The number of carboxylic acid groups (broad SMARTS) is 1. The first kappa shape index (κ1) is 10.4. The first-order valence-electron chi connectivity index (χ1n) is 5.19. The van der Waals surface area contributed by atoms with E-state index in [0.717, 1.165) is 0 Å². The van der Waals surface area contributed by atoms with Crippen LogP contribution in [0.3, 0.4) is 0 Å². The first-order chi connectivity index (χ1) is 8.68. The fraction of sp³-hybridized carbons (Fsp3) is 0. The molecule has 3 rings (SSSR count). The Morgan fingerprint density at radius 3 is 2.78 bits per heavy atom. The summed E-state index contributed by atoms with van der Waals surface area (Å²) in [4.78, 5) is 19.2. The molecule has 0 atom stereocenters. The summed E-state index contributed by atoms with van der Waals surface area (Å²) in [5.74, 6) is -1.12. The number of rotatable bonds is 1. The van der Waals surface area contributed by atoms with E-state index in [1.165, 1.54) is 24.4 Å². The van der Waals surface area contributed by atoms with E-state index in [-0.39, 0.29) is 22.2 Å². The maximum absolute atomic E-state index is 12.1. The predicted molar refractivity (Wildman–Crippen MR) is 63.0 cm³/mol. The van der Waals surface area contributed by atoms with E-state index < -0.39 is 5.97 Å². The average Bonchev–Trinajstić information content (AvgIpc) is 2.38. The molecule has 2 heterocycles. The van der Waals surface area contributed by atoms with Crippen molar-refractivity contribution in [1.82, 2.24) is 9.97 Å². The highest BCUT2D eigenvalue weighted by Gasteiger charge is 2.18. The predicted octanol–water partition coefficient (Wildman–Crippen LogP) is 1.11. The molecule has 0 radical (unpaired) electrons. The van der Waals surface area contributed by atoms with Crippen molar-refractivity contribution in [1.29, 1.82) is 0 Å². The first-order valence-corrected chi connectivity index (χ1v) is 5.19. The summed E-state index contributed by atoms with van der Waals surface area (Å²) in [5.41, 5.74) is 0.896. The maximum Gasteiger partial charge on any atom is 0.338 e. The molecule has 0 aliphatic carbocycles. The number of nitrogens with zero attached hydrogens (tertiary/aromatic N) is 3. The molecule has 0 saturated carbocycles. The molecule has 18 heavy (non-hydrogen) atoms. The molecule has 0 saturated heterocycles. The highest BCUT2D eigenvalue weighted by atomic mass is 16.5. The van der Waals surface area contributed by atoms with Crippen molar-refractivity contribution >= 4 is 28.2 Å². The largest absolute Gasteiger partial charge is 0.618 e. The lowest BCUT2D eigenvalue weighted by molar-refractivity contribution is -0.548. The van der Waals surface area contributed by atoms with Gasteiger partial charge in [0.05, 0.1) is 5.56 Å². The smallest absolute Gasteiger partial charge is 0.338 e. The van der Waals surface area contributed by atoms with Crippen LogP contribution in [0.15, 0.2) is 36.5 Å². The second kappa shape index (κ2) is 3.63. The van der Waals surface area contributed by atoms with Gasteiger partial charge in [0, 0.05) is 18.3 Å². The van der Waals surface area contributed by atoms with Gasteiger partial charge in [-0.25, -0.2) is 14.8 Å². The van der Waals surface area contributed by atoms with Crippen LogP contribution in [0.1, 0.15) is 10.4 Å². The lowest BCUT2D eigenvalue weighted by Gasteiger charge is -2.05. The molecule has 0 fully saturated rings. The van der Waals surface area contributed by atoms with E-state index >= 15 is 0 Å². The van der Waals surface area contributed by atoms with Crippen molar-refractivity contribution in [2.45, 2.75) is 0 Å². The third-order valence-corrected chi connectivity index (χ3v) is 2.67. The van der Waals surface area contributed by atoms with Crippen LogP contribution in [-0.2, 0) is 0 Å². The molecule has 3 aromatic rings. The molecule has 0 amide bonds. The number of benzene rings is 1. The Morgan fingerprint density at radius 1 is 1.22 bits per heavy atom. The molecule has 0 bridgehead atoms. The van der Waals surface area contributed by atoms with Gasteiger partial charge in [-0.2, -0.15) is 4.73 Å². The molecule has 0 spiro atoms. The van der Waals surface area contributed by atoms with Crippen LogP contribution in [0.2, 0.25) is 0 Å². The summed E-state index contributed by atoms with van der Waals surface area (Å²) in [7, 11) is 0. The molecule has 2 aromatic heterocycles. The molecule has 1 N–H and O–H groups in total. The van der Waals surface area contributed by atoms with Gasteiger partial charge in [-0.15, -0.1) is 0 Å². The van der Waals surface area contributed by atoms with Crippen molar-refractivity contribution in [3.63, 3.8) is 0 Å². The number of aromatic carboxylic acids is 1. The van der Waals surface area contributed by atoms with Gasteiger partial charge in [-0.05, 0) is 12.1 Å². The minimum absolute atomic E-state index is 0.00958. The molecule has 0 aliphatic heterocycles. The Bertz CT molecular complexity index is 786. The lowest BCUT2D eigenvalue weighted by atomic mass is 10.1. The number of hydrogen-bond donors (Lipinski definition) is 1. The van der Waals surface area contributed by atoms with Crippen molar-refractivity contribution in [2.75, 3.05) is 0 Å². The molecule has 6 heteroatoms. The van der Waals surface area contributed by atoms with Gasteiger partial charge in [0.25, 0.3) is 5.52 Å². The summed E-state index contributed by atoms with van der Waals surface area (Å²) in [6.45, 7) is 0. The zero-order valence-electron chi connectivity index (χ0n) is 9.07. The molecular weight excluding hydrogens is 234 g/mol. The van der Waals surface area contributed by atoms with Crippen molar-refractivity contribution in [3.8, 4) is 0 Å². The van der Waals surface area contributed by atoms with Crippen LogP contribution in [0.25, 0.3) is 22.2 Å². The molecule has 0 aliphatic rings. The van der Waals surface area contributed by atoms with Crippen molar-refractivity contribution < 1.29 is 14.6 Å². The van der Waals surface area contributed by atoms with E-state index in [1.807, 2.05) is 0 Å². The number of fused-ring (bicyclic) bond motifs is 2. The minimum Gasteiger partial charge on any atom is -0.618 e. The summed E-state index contributed by atoms with van der Waals surface area (Å²) < 4.78 is 0.650. The van der Waals surface area contributed by atoms with E-state index in [9.17, 15) is 10.0 Å². The van der Waals surface area contributed by atoms with Crippen molar-refractivity contribution in [3.05, 3.63) is 47.3 Å². The second-order valence-electron chi connectivity index (χ2n) is 3.73. The fourth-order valence-corrected chi connectivity index (χ4v) is 1.85. The summed E-state index contributed by atoms with van der Waals surface area (Å²) in [5, 5.41) is 21.2. The molecule has 1 aromatic carbocycles. The standard InChI is InChI=1S/C12H7N3O3/c16-12(17)7-3-1-4-8-10(7)14-11-9(15(8)18)5-2-6-13-11/h1-6H,(H,16,17). The maximum atomic E-state index is 12.1. The monoisotopic (exact) mass is 241 g/mol. The van der Waals surface area contributed by atoms with Crippen LogP contribution >= 0.6 is 0 Å². The van der Waals surface area contributed by atoms with Crippen LogP contribution in [0, 0.1) is 5.21 Å². The van der Waals surface area contributed by atoms with E-state index in [4.69, 9.17) is 5.11 Å². The zero-order chi connectivity index (χ0) is 12.7. The van der Waals surface area contributed by atoms with Crippen LogP contribution in [0.4, 0.5) is 0 Å². The number of pyridine rings is 1. The Morgan fingerprint density at radius 2 is 2.00 bits per heavy atom. The number of aromatic nitrogens is 3. The van der Waals surface area contributed by atoms with Gasteiger partial charge in [0.2, 0.25) is 11.2 Å². The SMILES string of the molecule is O=C(O)c1cccc2c1nc1ncccc1[n+]2[O-]. The number of para-hydroxylation sites is 1. The highest BCUT2D eigenvalue weighted by Crippen LogP contribution is 2.16. The summed E-state index contributed by atoms with van der Waals surface area (Å²) >= 11 is 0. The third kappa shape index (κ3) is 1.36. The van der Waals surface area contributed by atoms with Crippen LogP contribution in [0.5, 0.6) is 0 Å². The van der Waals surface area contributed by atoms with Gasteiger partial charge < -0.3 is 10.3 Å². The highest BCUT2D eigenvalue weighted by molar-refractivity contribution is 6.00. The van der Waals surface area contributed by atoms with Crippen LogP contribution < -0.4 is 4.73 Å². The van der Waals surface area contributed by atoms with Gasteiger partial charge in [-0.3, -0.25) is 0 Å². The van der Waals surface area contributed by atoms with E-state index in [0.29, 0.717) is 10.2 Å². The second-order valence-corrected chi connectivity index (χ2v) is 3.73. The Hall–Kier alpha value is -2.76. The third-order valence-electron chi connectivity index (χ3n) is 2.67. The average molecular weight is 241 g/mol. The topological polar surface area (TPSA) is 90.0 Å². The minimum atomic E-state index is -1.12. The van der Waals surface area contributed by atoms with Gasteiger partial charge >= 0.3 is 5.97 Å². The summed E-state index contributed by atoms with van der Waals surface area (Å²) in [6.07, 6.45) is 1.50. The van der Waals surface area contributed by atoms with Gasteiger partial charge in [-0.1, -0.05) is 6.07 Å². The Balaban J connectivity index is 2.55. The molecule has 6 nitrogen and oxygen atoms in total. The molecular formula is C12H7N3O3. The van der Waals surface area contributed by atoms with E-state index in [1.54, 1.807) is 12.1 Å².